The number of aliphatic hydroxyl groups excluding tert-OH is 1. The van der Waals surface area contributed by atoms with Gasteiger partial charge in [-0.25, -0.2) is 4.79 Å². The van der Waals surface area contributed by atoms with Crippen LogP contribution < -0.4 is 0 Å². The number of esters is 1. The lowest BCUT2D eigenvalue weighted by Gasteiger charge is -2.19. The molecule has 0 amide bonds. The van der Waals surface area contributed by atoms with Gasteiger partial charge in [0.2, 0.25) is 0 Å². The molecule has 82 valence electrons. The summed E-state index contributed by atoms with van der Waals surface area (Å²) in [5.74, 6) is 1.46. The Hall–Kier alpha value is -0.830. The van der Waals surface area contributed by atoms with Crippen LogP contribution in [0.3, 0.4) is 0 Å². The van der Waals surface area contributed by atoms with E-state index in [0.29, 0.717) is 30.8 Å². The van der Waals surface area contributed by atoms with Gasteiger partial charge in [0.15, 0.2) is 0 Å². The van der Waals surface area contributed by atoms with Crippen LogP contribution in [-0.2, 0) is 9.53 Å². The van der Waals surface area contributed by atoms with Crippen LogP contribution in [-0.4, -0.2) is 23.8 Å². The van der Waals surface area contributed by atoms with Crippen LogP contribution in [0, 0.1) is 17.8 Å². The highest BCUT2D eigenvalue weighted by molar-refractivity contribution is 5.93. The van der Waals surface area contributed by atoms with Gasteiger partial charge in [-0.2, -0.15) is 0 Å². The summed E-state index contributed by atoms with van der Waals surface area (Å²) in [6.07, 6.45) is 2.32. The number of fused-ring (bicyclic) bond motifs is 2. The molecule has 0 bridgehead atoms. The third kappa shape index (κ3) is 1.41. The minimum absolute atomic E-state index is 0.126. The maximum atomic E-state index is 11.6. The molecule has 3 heteroatoms. The summed E-state index contributed by atoms with van der Waals surface area (Å²) in [5.41, 5.74) is 1.97. The van der Waals surface area contributed by atoms with Crippen LogP contribution in [0.5, 0.6) is 0 Å². The molecule has 3 aliphatic rings. The summed E-state index contributed by atoms with van der Waals surface area (Å²) >= 11 is 0. The van der Waals surface area contributed by atoms with Gasteiger partial charge in [-0.1, -0.05) is 6.92 Å². The topological polar surface area (TPSA) is 46.5 Å². The number of hydrogen-bond acceptors (Lipinski definition) is 3. The van der Waals surface area contributed by atoms with Gasteiger partial charge in [0, 0.05) is 5.57 Å². The van der Waals surface area contributed by atoms with Crippen molar-refractivity contribution in [3.63, 3.8) is 0 Å². The maximum Gasteiger partial charge on any atom is 0.334 e. The molecule has 3 rings (SSSR count). The Balaban J connectivity index is 1.94. The van der Waals surface area contributed by atoms with Gasteiger partial charge in [0.1, 0.15) is 6.61 Å². The lowest BCUT2D eigenvalue weighted by atomic mass is 9.88. The lowest BCUT2D eigenvalue weighted by molar-refractivity contribution is -0.136. The normalized spacial score (nSPS) is 44.0. The number of hydrogen-bond donors (Lipinski definition) is 1. The van der Waals surface area contributed by atoms with Crippen molar-refractivity contribution < 1.29 is 14.6 Å². The standard InChI is InChI=1S/C12H16O3/c1-6-2-8(13)3-7-5-15-12(14)11(7)10-4-9(6)10/h6,8-10,13H,2-5H2,1H3/t6-,8+,9+,10+/m1/s1. The Morgan fingerprint density at radius 3 is 3.00 bits per heavy atom. The van der Waals surface area contributed by atoms with E-state index in [9.17, 15) is 9.90 Å². The van der Waals surface area contributed by atoms with Gasteiger partial charge in [-0.3, -0.25) is 0 Å². The molecule has 0 spiro atoms. The molecule has 0 aromatic rings. The zero-order chi connectivity index (χ0) is 10.6. The average molecular weight is 208 g/mol. The second-order valence-electron chi connectivity index (χ2n) is 5.17. The molecular formula is C12H16O3. The van der Waals surface area contributed by atoms with E-state index >= 15 is 0 Å². The van der Waals surface area contributed by atoms with Gasteiger partial charge < -0.3 is 9.84 Å². The minimum atomic E-state index is -0.291. The predicted octanol–water partition coefficient (Wildman–Crippen LogP) is 1.27. The van der Waals surface area contributed by atoms with E-state index in [2.05, 4.69) is 6.92 Å². The van der Waals surface area contributed by atoms with Crippen LogP contribution in [0.4, 0.5) is 0 Å². The van der Waals surface area contributed by atoms with Crippen molar-refractivity contribution in [2.45, 2.75) is 32.3 Å². The van der Waals surface area contributed by atoms with E-state index in [1.54, 1.807) is 0 Å². The van der Waals surface area contributed by atoms with Crippen molar-refractivity contribution in [3.05, 3.63) is 11.1 Å². The van der Waals surface area contributed by atoms with Crippen molar-refractivity contribution in [1.29, 1.82) is 0 Å². The van der Waals surface area contributed by atoms with Crippen LogP contribution >= 0.6 is 0 Å². The van der Waals surface area contributed by atoms with Gasteiger partial charge in [-0.05, 0) is 42.6 Å². The summed E-state index contributed by atoms with van der Waals surface area (Å²) in [6.45, 7) is 2.60. The van der Waals surface area contributed by atoms with Crippen molar-refractivity contribution in [2.24, 2.45) is 17.8 Å². The highest BCUT2D eigenvalue weighted by atomic mass is 16.5. The van der Waals surface area contributed by atoms with Crippen molar-refractivity contribution in [2.75, 3.05) is 6.61 Å². The quantitative estimate of drug-likeness (QED) is 0.610. The largest absolute Gasteiger partial charge is 0.458 e. The zero-order valence-electron chi connectivity index (χ0n) is 8.90. The maximum absolute atomic E-state index is 11.6. The first-order valence-electron chi connectivity index (χ1n) is 5.74. The van der Waals surface area contributed by atoms with E-state index in [4.69, 9.17) is 4.74 Å². The first-order chi connectivity index (χ1) is 7.16. The summed E-state index contributed by atoms with van der Waals surface area (Å²) in [5, 5.41) is 9.85. The number of cyclic esters (lactones) is 1. The van der Waals surface area contributed by atoms with Gasteiger partial charge >= 0.3 is 5.97 Å². The average Bonchev–Trinajstić information content (AvgIpc) is 2.85. The van der Waals surface area contributed by atoms with Crippen LogP contribution in [0.25, 0.3) is 0 Å². The van der Waals surface area contributed by atoms with Gasteiger partial charge in [0.05, 0.1) is 6.10 Å². The van der Waals surface area contributed by atoms with Crippen LogP contribution in [0.2, 0.25) is 0 Å². The van der Waals surface area contributed by atoms with Gasteiger partial charge in [-0.15, -0.1) is 0 Å². The molecule has 0 aromatic heterocycles. The molecule has 4 atom stereocenters. The second kappa shape index (κ2) is 3.08. The molecule has 1 N–H and O–H groups in total. The third-order valence-corrected chi connectivity index (χ3v) is 4.05. The van der Waals surface area contributed by atoms with Crippen LogP contribution in [0.1, 0.15) is 26.2 Å². The van der Waals surface area contributed by atoms with E-state index < -0.39 is 0 Å². The molecular weight excluding hydrogens is 192 g/mol. The minimum Gasteiger partial charge on any atom is -0.458 e. The monoisotopic (exact) mass is 208 g/mol. The summed E-state index contributed by atoms with van der Waals surface area (Å²) < 4.78 is 5.07. The Morgan fingerprint density at radius 1 is 1.40 bits per heavy atom. The number of carbonyl (C=O) groups is 1. The molecule has 1 fully saturated rings. The molecule has 1 aliphatic heterocycles. The molecule has 1 heterocycles. The number of ether oxygens (including phenoxy) is 1. The predicted molar refractivity (Wildman–Crippen MR) is 54.0 cm³/mol. The Morgan fingerprint density at radius 2 is 2.20 bits per heavy atom. The summed E-state index contributed by atoms with van der Waals surface area (Å²) in [7, 11) is 0. The summed E-state index contributed by atoms with van der Waals surface area (Å²) in [6, 6.07) is 0. The van der Waals surface area contributed by atoms with E-state index in [1.807, 2.05) is 0 Å². The van der Waals surface area contributed by atoms with Crippen LogP contribution in [0.15, 0.2) is 11.1 Å². The van der Waals surface area contributed by atoms with E-state index in [-0.39, 0.29) is 12.1 Å². The molecule has 15 heavy (non-hydrogen) atoms. The Kier molecular flexibility index (Phi) is 1.93. The molecule has 0 saturated heterocycles. The first-order valence-corrected chi connectivity index (χ1v) is 5.74. The fourth-order valence-electron chi connectivity index (χ4n) is 3.18. The molecule has 1 saturated carbocycles. The van der Waals surface area contributed by atoms with Gasteiger partial charge in [0.25, 0.3) is 0 Å². The van der Waals surface area contributed by atoms with Crippen molar-refractivity contribution in [3.8, 4) is 0 Å². The number of carbonyl (C=O) groups excluding carboxylic acids is 1. The lowest BCUT2D eigenvalue weighted by Crippen LogP contribution is -2.18. The van der Waals surface area contributed by atoms with Crippen molar-refractivity contribution in [1.82, 2.24) is 0 Å². The molecule has 0 aromatic carbocycles. The highest BCUT2D eigenvalue weighted by Gasteiger charge is 2.50. The molecule has 3 nitrogen and oxygen atoms in total. The summed E-state index contributed by atoms with van der Waals surface area (Å²) in [4.78, 5) is 11.6. The first kappa shape index (κ1) is 9.40. The van der Waals surface area contributed by atoms with Crippen molar-refractivity contribution >= 4 is 5.97 Å². The fourth-order valence-corrected chi connectivity index (χ4v) is 3.18. The smallest absolute Gasteiger partial charge is 0.334 e. The van der Waals surface area contributed by atoms with E-state index in [0.717, 1.165) is 24.0 Å². The second-order valence-corrected chi connectivity index (χ2v) is 5.17. The number of rotatable bonds is 0. The zero-order valence-corrected chi connectivity index (χ0v) is 8.90. The Bertz CT molecular complexity index is 345. The van der Waals surface area contributed by atoms with E-state index in [1.165, 1.54) is 0 Å². The molecule has 0 unspecified atom stereocenters. The fraction of sp³-hybridized carbons (Fsp3) is 0.750. The molecule has 0 radical (unpaired) electrons. The Labute approximate surface area is 89.1 Å². The molecule has 2 aliphatic carbocycles. The number of aliphatic hydroxyl groups is 1. The third-order valence-electron chi connectivity index (χ3n) is 4.05. The highest BCUT2D eigenvalue weighted by Crippen LogP contribution is 2.53. The SMILES string of the molecule is C[C@@H]1C[C@H](O)CC2=C(C(=O)OC2)[C@H]2C[C@@H]12.